The first-order valence-corrected chi connectivity index (χ1v) is 10.6. The number of halogens is 1. The molecule has 0 fully saturated rings. The molecule has 0 aliphatic carbocycles. The summed E-state index contributed by atoms with van der Waals surface area (Å²) in [6, 6.07) is 18.6. The molecule has 0 bridgehead atoms. The van der Waals surface area contributed by atoms with Crippen molar-refractivity contribution in [1.82, 2.24) is 4.90 Å². The Balaban J connectivity index is 1.72. The van der Waals surface area contributed by atoms with Crippen molar-refractivity contribution in [2.24, 2.45) is 0 Å². The van der Waals surface area contributed by atoms with E-state index in [4.69, 9.17) is 9.47 Å². The molecule has 31 heavy (non-hydrogen) atoms. The second-order valence-corrected chi connectivity index (χ2v) is 8.31. The molecule has 7 heteroatoms. The van der Waals surface area contributed by atoms with E-state index in [0.29, 0.717) is 34.9 Å². The normalized spacial score (nSPS) is 16.7. The number of ether oxygens (including phenoxy) is 2. The fourth-order valence-electron chi connectivity index (χ4n) is 4.42. The highest BCUT2D eigenvalue weighted by atomic mass is 79.9. The number of carbonyl (C=O) groups is 2. The van der Waals surface area contributed by atoms with E-state index in [9.17, 15) is 9.59 Å². The van der Waals surface area contributed by atoms with Crippen LogP contribution in [0.25, 0.3) is 0 Å². The van der Waals surface area contributed by atoms with Crippen LogP contribution >= 0.6 is 15.9 Å². The Bertz CT molecular complexity index is 1230. The van der Waals surface area contributed by atoms with Gasteiger partial charge in [-0.2, -0.15) is 0 Å². The van der Waals surface area contributed by atoms with E-state index in [1.165, 1.54) is 14.2 Å². The third-order valence-electron chi connectivity index (χ3n) is 5.73. The summed E-state index contributed by atoms with van der Waals surface area (Å²) in [5.74, 6) is 0.529. The van der Waals surface area contributed by atoms with Crippen molar-refractivity contribution >= 4 is 33.4 Å². The number of carbonyl (C=O) groups excluding carboxylic acids is 2. The molecule has 3 aromatic rings. The summed E-state index contributed by atoms with van der Waals surface area (Å²) in [6.45, 7) is 0.356. The van der Waals surface area contributed by atoms with Gasteiger partial charge in [-0.1, -0.05) is 46.3 Å². The number of methoxy groups -OCH3 is 2. The average Bonchev–Trinajstić information content (AvgIpc) is 3.08. The molecule has 156 valence electrons. The molecule has 0 radical (unpaired) electrons. The maximum absolute atomic E-state index is 13.6. The summed E-state index contributed by atoms with van der Waals surface area (Å²) in [5, 5.41) is 0. The minimum atomic E-state index is -0.566. The number of fused-ring (bicyclic) bond motifs is 5. The number of rotatable bonds is 4. The highest BCUT2D eigenvalue weighted by Gasteiger charge is 2.49. The van der Waals surface area contributed by atoms with Crippen LogP contribution in [-0.4, -0.2) is 30.9 Å². The molecule has 2 amide bonds. The van der Waals surface area contributed by atoms with E-state index >= 15 is 0 Å². The van der Waals surface area contributed by atoms with E-state index in [0.717, 1.165) is 15.6 Å². The minimum absolute atomic E-state index is 0.118. The quantitative estimate of drug-likeness (QED) is 0.541. The first-order valence-electron chi connectivity index (χ1n) is 9.78. The SMILES string of the molecule is COc1ccc2c(c1OC)C(=O)N1c3ccccc3C(=O)N(Cc3cccc(Br)c3)C21. The molecule has 0 N–H and O–H groups in total. The van der Waals surface area contributed by atoms with Gasteiger partial charge in [-0.25, -0.2) is 0 Å². The van der Waals surface area contributed by atoms with Gasteiger partial charge in [0, 0.05) is 16.6 Å². The van der Waals surface area contributed by atoms with Gasteiger partial charge in [0.15, 0.2) is 11.5 Å². The van der Waals surface area contributed by atoms with Gasteiger partial charge in [0.2, 0.25) is 0 Å². The average molecular weight is 479 g/mol. The van der Waals surface area contributed by atoms with Crippen LogP contribution in [0.2, 0.25) is 0 Å². The van der Waals surface area contributed by atoms with Crippen LogP contribution < -0.4 is 14.4 Å². The Kier molecular flexibility index (Phi) is 4.70. The van der Waals surface area contributed by atoms with Gasteiger partial charge >= 0.3 is 0 Å². The third-order valence-corrected chi connectivity index (χ3v) is 6.22. The lowest BCUT2D eigenvalue weighted by Crippen LogP contribution is -2.47. The Morgan fingerprint density at radius 1 is 0.935 bits per heavy atom. The van der Waals surface area contributed by atoms with Crippen LogP contribution in [0.1, 0.15) is 38.0 Å². The van der Waals surface area contributed by atoms with Crippen LogP contribution in [-0.2, 0) is 6.54 Å². The van der Waals surface area contributed by atoms with Crippen LogP contribution in [0.15, 0.2) is 65.1 Å². The smallest absolute Gasteiger partial charge is 0.264 e. The first kappa shape index (κ1) is 19.6. The lowest BCUT2D eigenvalue weighted by molar-refractivity contribution is 0.0629. The predicted octanol–water partition coefficient (Wildman–Crippen LogP) is 4.78. The number of nitrogens with zero attached hydrogens (tertiary/aromatic N) is 2. The van der Waals surface area contributed by atoms with Gasteiger partial charge in [-0.3, -0.25) is 14.5 Å². The Labute approximate surface area is 188 Å². The molecule has 2 heterocycles. The topological polar surface area (TPSA) is 59.1 Å². The molecule has 2 aliphatic rings. The second-order valence-electron chi connectivity index (χ2n) is 7.39. The molecule has 6 nitrogen and oxygen atoms in total. The molecule has 1 unspecified atom stereocenters. The number of hydrogen-bond donors (Lipinski definition) is 0. The number of amides is 2. The van der Waals surface area contributed by atoms with Gasteiger partial charge in [0.05, 0.1) is 31.0 Å². The summed E-state index contributed by atoms with van der Waals surface area (Å²) in [4.78, 5) is 30.6. The highest BCUT2D eigenvalue weighted by molar-refractivity contribution is 9.10. The van der Waals surface area contributed by atoms with E-state index in [-0.39, 0.29) is 11.8 Å². The van der Waals surface area contributed by atoms with Gasteiger partial charge in [-0.05, 0) is 35.9 Å². The van der Waals surface area contributed by atoms with E-state index in [2.05, 4.69) is 15.9 Å². The summed E-state index contributed by atoms with van der Waals surface area (Å²) in [5.41, 5.74) is 3.21. The van der Waals surface area contributed by atoms with Gasteiger partial charge < -0.3 is 14.4 Å². The number of para-hydroxylation sites is 1. The monoisotopic (exact) mass is 478 g/mol. The molecule has 0 aromatic heterocycles. The fourth-order valence-corrected chi connectivity index (χ4v) is 4.86. The van der Waals surface area contributed by atoms with Gasteiger partial charge in [0.25, 0.3) is 11.8 Å². The third kappa shape index (κ3) is 2.91. The standard InChI is InChI=1S/C24H19BrN2O4/c1-30-19-11-10-17-20(21(19)31-2)24(29)27-18-9-4-3-8-16(18)23(28)26(22(17)27)13-14-6-5-7-15(25)12-14/h3-12,22H,13H2,1-2H3. The van der Waals surface area contributed by atoms with Crippen molar-refractivity contribution in [2.75, 3.05) is 19.1 Å². The lowest BCUT2D eigenvalue weighted by Gasteiger charge is -2.41. The Morgan fingerprint density at radius 2 is 1.74 bits per heavy atom. The molecule has 5 rings (SSSR count). The fraction of sp³-hybridized carbons (Fsp3) is 0.167. The predicted molar refractivity (Wildman–Crippen MR) is 120 cm³/mol. The van der Waals surface area contributed by atoms with Crippen molar-refractivity contribution < 1.29 is 19.1 Å². The van der Waals surface area contributed by atoms with E-state index in [1.54, 1.807) is 21.9 Å². The van der Waals surface area contributed by atoms with Crippen molar-refractivity contribution in [3.8, 4) is 11.5 Å². The molecular formula is C24H19BrN2O4. The molecule has 1 atom stereocenters. The van der Waals surface area contributed by atoms with Crippen molar-refractivity contribution in [3.63, 3.8) is 0 Å². The second kappa shape index (κ2) is 7.42. The molecule has 0 saturated heterocycles. The molecular weight excluding hydrogens is 460 g/mol. The summed E-state index contributed by atoms with van der Waals surface area (Å²) >= 11 is 3.50. The van der Waals surface area contributed by atoms with Gasteiger partial charge in [-0.15, -0.1) is 0 Å². The zero-order chi connectivity index (χ0) is 21.7. The van der Waals surface area contributed by atoms with Crippen molar-refractivity contribution in [1.29, 1.82) is 0 Å². The minimum Gasteiger partial charge on any atom is -0.493 e. The maximum Gasteiger partial charge on any atom is 0.264 e. The van der Waals surface area contributed by atoms with E-state index in [1.807, 2.05) is 48.5 Å². The van der Waals surface area contributed by atoms with Crippen LogP contribution in [0, 0.1) is 0 Å². The summed E-state index contributed by atoms with van der Waals surface area (Å²) in [6.07, 6.45) is -0.566. The Morgan fingerprint density at radius 3 is 2.48 bits per heavy atom. The summed E-state index contributed by atoms with van der Waals surface area (Å²) in [7, 11) is 3.05. The van der Waals surface area contributed by atoms with Crippen LogP contribution in [0.4, 0.5) is 5.69 Å². The Hall–Kier alpha value is -3.32. The van der Waals surface area contributed by atoms with E-state index < -0.39 is 6.17 Å². The molecule has 0 spiro atoms. The van der Waals surface area contributed by atoms with Crippen LogP contribution in [0.3, 0.4) is 0 Å². The number of hydrogen-bond acceptors (Lipinski definition) is 4. The molecule has 2 aliphatic heterocycles. The molecule has 3 aromatic carbocycles. The summed E-state index contributed by atoms with van der Waals surface area (Å²) < 4.78 is 11.9. The van der Waals surface area contributed by atoms with Crippen molar-refractivity contribution in [3.05, 3.63) is 87.4 Å². The van der Waals surface area contributed by atoms with Gasteiger partial charge in [0.1, 0.15) is 6.17 Å². The number of benzene rings is 3. The van der Waals surface area contributed by atoms with Crippen molar-refractivity contribution in [2.45, 2.75) is 12.7 Å². The number of anilines is 1. The largest absolute Gasteiger partial charge is 0.493 e. The zero-order valence-corrected chi connectivity index (χ0v) is 18.5. The molecule has 0 saturated carbocycles. The van der Waals surface area contributed by atoms with Crippen LogP contribution in [0.5, 0.6) is 11.5 Å². The lowest BCUT2D eigenvalue weighted by atomic mass is 10.0. The maximum atomic E-state index is 13.6. The first-order chi connectivity index (χ1) is 15.0. The zero-order valence-electron chi connectivity index (χ0n) is 17.0. The highest BCUT2D eigenvalue weighted by Crippen LogP contribution is 2.50.